The van der Waals surface area contributed by atoms with Gasteiger partial charge >= 0.3 is 6.18 Å². The minimum atomic E-state index is -4.43. The zero-order chi connectivity index (χ0) is 11.1. The summed E-state index contributed by atoms with van der Waals surface area (Å²) in [5, 5.41) is 3.37. The molecule has 2 heterocycles. The molecule has 6 heteroatoms. The molecule has 0 fully saturated rings. The van der Waals surface area contributed by atoms with Crippen molar-refractivity contribution in [2.75, 3.05) is 0 Å². The van der Waals surface area contributed by atoms with Crippen LogP contribution in [0.25, 0.3) is 11.5 Å². The Bertz CT molecular complexity index is 456. The number of halogens is 3. The first-order valence-electron chi connectivity index (χ1n) is 4.13. The summed E-state index contributed by atoms with van der Waals surface area (Å²) in [6.45, 7) is 0. The Hall–Kier alpha value is -1.72. The number of hydrogen-bond acceptors (Lipinski definition) is 2. The summed E-state index contributed by atoms with van der Waals surface area (Å²) in [5.74, 6) is 0.362. The molecule has 0 aliphatic carbocycles. The van der Waals surface area contributed by atoms with Crippen molar-refractivity contribution in [1.29, 1.82) is 0 Å². The van der Waals surface area contributed by atoms with Crippen LogP contribution in [0.4, 0.5) is 13.2 Å². The summed E-state index contributed by atoms with van der Waals surface area (Å²) < 4.78 is 43.1. The van der Waals surface area contributed by atoms with Gasteiger partial charge in [0, 0.05) is 7.05 Å². The standard InChI is InChI=1S/C9H7F3N2O/c1-14-6(7-3-2-4-15-7)5-8(13-14)9(10,11)12/h2-5H,1H3. The van der Waals surface area contributed by atoms with Crippen molar-refractivity contribution in [2.45, 2.75) is 6.18 Å². The van der Waals surface area contributed by atoms with Gasteiger partial charge < -0.3 is 4.42 Å². The second-order valence-electron chi connectivity index (χ2n) is 3.01. The molecule has 0 unspecified atom stereocenters. The fourth-order valence-electron chi connectivity index (χ4n) is 1.26. The van der Waals surface area contributed by atoms with Gasteiger partial charge in [-0.3, -0.25) is 4.68 Å². The Balaban J connectivity index is 2.47. The lowest BCUT2D eigenvalue weighted by Crippen LogP contribution is -2.06. The molecule has 0 aliphatic heterocycles. The molecule has 0 amide bonds. The number of alkyl halides is 3. The maximum Gasteiger partial charge on any atom is 0.435 e. The van der Waals surface area contributed by atoms with E-state index in [2.05, 4.69) is 5.10 Å². The predicted octanol–water partition coefficient (Wildman–Crippen LogP) is 2.70. The molecule has 80 valence electrons. The van der Waals surface area contributed by atoms with E-state index in [4.69, 9.17) is 4.42 Å². The summed E-state index contributed by atoms with van der Waals surface area (Å²) in [6, 6.07) is 4.14. The third-order valence-corrected chi connectivity index (χ3v) is 1.94. The van der Waals surface area contributed by atoms with Gasteiger partial charge in [0.2, 0.25) is 0 Å². The van der Waals surface area contributed by atoms with Gasteiger partial charge in [-0.05, 0) is 18.2 Å². The quantitative estimate of drug-likeness (QED) is 0.733. The van der Waals surface area contributed by atoms with E-state index in [1.54, 1.807) is 12.1 Å². The maximum atomic E-state index is 12.3. The van der Waals surface area contributed by atoms with Crippen molar-refractivity contribution < 1.29 is 17.6 Å². The van der Waals surface area contributed by atoms with Crippen molar-refractivity contribution in [3.05, 3.63) is 30.2 Å². The van der Waals surface area contributed by atoms with Crippen LogP contribution in [-0.4, -0.2) is 9.78 Å². The number of nitrogens with zero attached hydrogens (tertiary/aromatic N) is 2. The van der Waals surface area contributed by atoms with Crippen molar-refractivity contribution in [1.82, 2.24) is 9.78 Å². The second-order valence-corrected chi connectivity index (χ2v) is 3.01. The Labute approximate surface area is 83.1 Å². The smallest absolute Gasteiger partial charge is 0.435 e. The van der Waals surface area contributed by atoms with Crippen LogP contribution in [0.1, 0.15) is 5.69 Å². The second kappa shape index (κ2) is 3.15. The van der Waals surface area contributed by atoms with Crippen molar-refractivity contribution in [3.63, 3.8) is 0 Å². The summed E-state index contributed by atoms with van der Waals surface area (Å²) >= 11 is 0. The molecule has 0 bridgehead atoms. The van der Waals surface area contributed by atoms with E-state index in [1.165, 1.54) is 13.3 Å². The Kier molecular flexibility index (Phi) is 2.06. The third kappa shape index (κ3) is 1.74. The molecule has 0 N–H and O–H groups in total. The lowest BCUT2D eigenvalue weighted by molar-refractivity contribution is -0.141. The molecular weight excluding hydrogens is 209 g/mol. The molecule has 0 saturated heterocycles. The zero-order valence-electron chi connectivity index (χ0n) is 7.75. The molecule has 0 saturated carbocycles. The van der Waals surface area contributed by atoms with E-state index in [1.807, 2.05) is 0 Å². The topological polar surface area (TPSA) is 31.0 Å². The molecule has 3 nitrogen and oxygen atoms in total. The van der Waals surface area contributed by atoms with Crippen LogP contribution in [0.15, 0.2) is 28.9 Å². The summed E-state index contributed by atoms with van der Waals surface area (Å²) in [6.07, 6.45) is -3.03. The first kappa shape index (κ1) is 9.82. The minimum Gasteiger partial charge on any atom is -0.463 e. The lowest BCUT2D eigenvalue weighted by Gasteiger charge is -1.98. The highest BCUT2D eigenvalue weighted by atomic mass is 19.4. The molecule has 0 aromatic carbocycles. The van der Waals surface area contributed by atoms with Crippen molar-refractivity contribution in [2.24, 2.45) is 7.05 Å². The van der Waals surface area contributed by atoms with Gasteiger partial charge in [0.15, 0.2) is 11.5 Å². The van der Waals surface area contributed by atoms with Crippen LogP contribution < -0.4 is 0 Å². The van der Waals surface area contributed by atoms with Crippen LogP contribution >= 0.6 is 0 Å². The molecule has 15 heavy (non-hydrogen) atoms. The minimum absolute atomic E-state index is 0.298. The molecule has 0 radical (unpaired) electrons. The molecule has 2 aromatic rings. The molecule has 2 rings (SSSR count). The van der Waals surface area contributed by atoms with Crippen LogP contribution in [0.2, 0.25) is 0 Å². The molecule has 0 aliphatic rings. The summed E-state index contributed by atoms with van der Waals surface area (Å²) in [4.78, 5) is 0. The average Bonchev–Trinajstić information content (AvgIpc) is 2.69. The van der Waals surface area contributed by atoms with Gasteiger partial charge in [-0.2, -0.15) is 18.3 Å². The van der Waals surface area contributed by atoms with Gasteiger partial charge in [-0.25, -0.2) is 0 Å². The fourth-order valence-corrected chi connectivity index (χ4v) is 1.26. The fraction of sp³-hybridized carbons (Fsp3) is 0.222. The van der Waals surface area contributed by atoms with Crippen molar-refractivity contribution in [3.8, 4) is 11.5 Å². The first-order valence-corrected chi connectivity index (χ1v) is 4.13. The third-order valence-electron chi connectivity index (χ3n) is 1.94. The normalized spacial score (nSPS) is 12.0. The van der Waals surface area contributed by atoms with E-state index in [9.17, 15) is 13.2 Å². The number of rotatable bonds is 1. The monoisotopic (exact) mass is 216 g/mol. The number of aromatic nitrogens is 2. The SMILES string of the molecule is Cn1nc(C(F)(F)F)cc1-c1ccco1. The summed E-state index contributed by atoms with van der Waals surface area (Å²) in [7, 11) is 1.44. The average molecular weight is 216 g/mol. The summed E-state index contributed by atoms with van der Waals surface area (Å²) in [5.41, 5.74) is -0.622. The largest absolute Gasteiger partial charge is 0.463 e. The van der Waals surface area contributed by atoms with E-state index in [0.29, 0.717) is 11.5 Å². The number of hydrogen-bond donors (Lipinski definition) is 0. The van der Waals surface area contributed by atoms with E-state index < -0.39 is 11.9 Å². The Morgan fingerprint density at radius 3 is 2.60 bits per heavy atom. The molecule has 2 aromatic heterocycles. The lowest BCUT2D eigenvalue weighted by atomic mass is 10.3. The first-order chi connectivity index (χ1) is 6.98. The van der Waals surface area contributed by atoms with E-state index in [0.717, 1.165) is 10.7 Å². The Morgan fingerprint density at radius 1 is 1.40 bits per heavy atom. The van der Waals surface area contributed by atoms with Crippen LogP contribution in [0.5, 0.6) is 0 Å². The van der Waals surface area contributed by atoms with Gasteiger partial charge in [0.1, 0.15) is 5.69 Å². The highest BCUT2D eigenvalue weighted by Crippen LogP contribution is 2.31. The predicted molar refractivity (Wildman–Crippen MR) is 45.9 cm³/mol. The van der Waals surface area contributed by atoms with Gasteiger partial charge in [0.05, 0.1) is 6.26 Å². The van der Waals surface area contributed by atoms with E-state index in [-0.39, 0.29) is 0 Å². The van der Waals surface area contributed by atoms with E-state index >= 15 is 0 Å². The van der Waals surface area contributed by atoms with Crippen molar-refractivity contribution >= 4 is 0 Å². The number of furan rings is 1. The van der Waals surface area contributed by atoms with Crippen LogP contribution in [0.3, 0.4) is 0 Å². The molecule has 0 spiro atoms. The van der Waals surface area contributed by atoms with Gasteiger partial charge in [-0.15, -0.1) is 0 Å². The maximum absolute atomic E-state index is 12.3. The Morgan fingerprint density at radius 2 is 2.13 bits per heavy atom. The number of aryl methyl sites for hydroxylation is 1. The zero-order valence-corrected chi connectivity index (χ0v) is 7.75. The molecular formula is C9H7F3N2O. The molecule has 0 atom stereocenters. The van der Waals surface area contributed by atoms with Crippen LogP contribution in [0, 0.1) is 0 Å². The van der Waals surface area contributed by atoms with Gasteiger partial charge in [-0.1, -0.05) is 0 Å². The van der Waals surface area contributed by atoms with Gasteiger partial charge in [0.25, 0.3) is 0 Å². The van der Waals surface area contributed by atoms with Crippen LogP contribution in [-0.2, 0) is 13.2 Å². The highest BCUT2D eigenvalue weighted by molar-refractivity contribution is 5.53. The highest BCUT2D eigenvalue weighted by Gasteiger charge is 2.34.